The van der Waals surface area contributed by atoms with Gasteiger partial charge in [-0.25, -0.2) is 0 Å². The van der Waals surface area contributed by atoms with E-state index in [0.717, 1.165) is 19.3 Å². The first-order valence-electron chi connectivity index (χ1n) is 5.76. The van der Waals surface area contributed by atoms with Gasteiger partial charge in [-0.05, 0) is 31.1 Å². The Morgan fingerprint density at radius 1 is 1.31 bits per heavy atom. The third kappa shape index (κ3) is 1.72. The maximum Gasteiger partial charge on any atom is 0.307 e. The van der Waals surface area contributed by atoms with Gasteiger partial charge in [0.2, 0.25) is 5.91 Å². The highest BCUT2D eigenvalue weighted by Crippen LogP contribution is 2.52. The molecule has 2 bridgehead atoms. The molecule has 0 heterocycles. The molecule has 4 atom stereocenters. The van der Waals surface area contributed by atoms with Crippen molar-refractivity contribution < 1.29 is 14.7 Å². The highest BCUT2D eigenvalue weighted by molar-refractivity contribution is 5.86. The second kappa shape index (κ2) is 4.28. The van der Waals surface area contributed by atoms with Crippen molar-refractivity contribution in [3.8, 4) is 0 Å². The van der Waals surface area contributed by atoms with Crippen molar-refractivity contribution in [3.63, 3.8) is 0 Å². The molecule has 0 unspecified atom stereocenters. The highest BCUT2D eigenvalue weighted by atomic mass is 16.4. The normalized spacial score (nSPS) is 36.0. The lowest BCUT2D eigenvalue weighted by molar-refractivity contribution is -0.149. The molecule has 0 aromatic rings. The summed E-state index contributed by atoms with van der Waals surface area (Å²) in [5, 5.41) is 11.9. The van der Waals surface area contributed by atoms with Crippen LogP contribution < -0.4 is 5.32 Å². The van der Waals surface area contributed by atoms with E-state index in [2.05, 4.69) is 11.9 Å². The Hall–Kier alpha value is -1.32. The lowest BCUT2D eigenvalue weighted by Gasteiger charge is -2.26. The molecule has 4 nitrogen and oxygen atoms in total. The number of aliphatic carboxylic acids is 1. The first-order valence-corrected chi connectivity index (χ1v) is 5.76. The third-order valence-corrected chi connectivity index (χ3v) is 3.92. The van der Waals surface area contributed by atoms with E-state index in [1.165, 1.54) is 0 Å². The van der Waals surface area contributed by atoms with Crippen molar-refractivity contribution >= 4 is 11.9 Å². The summed E-state index contributed by atoms with van der Waals surface area (Å²) in [7, 11) is 0. The molecular formula is C12H17NO3. The van der Waals surface area contributed by atoms with Crippen LogP contribution >= 0.6 is 0 Å². The number of fused-ring (bicyclic) bond motifs is 2. The van der Waals surface area contributed by atoms with Gasteiger partial charge in [-0.3, -0.25) is 9.59 Å². The summed E-state index contributed by atoms with van der Waals surface area (Å²) in [6, 6.07) is 0. The number of carboxylic acid groups (broad SMARTS) is 1. The van der Waals surface area contributed by atoms with Gasteiger partial charge >= 0.3 is 5.97 Å². The van der Waals surface area contributed by atoms with Crippen LogP contribution in [0.1, 0.15) is 19.3 Å². The Bertz CT molecular complexity index is 326. The Balaban J connectivity index is 2.09. The summed E-state index contributed by atoms with van der Waals surface area (Å²) < 4.78 is 0. The maximum atomic E-state index is 11.9. The quantitative estimate of drug-likeness (QED) is 0.700. The molecule has 2 aliphatic carbocycles. The predicted molar refractivity (Wildman–Crippen MR) is 58.7 cm³/mol. The van der Waals surface area contributed by atoms with Crippen LogP contribution in [0.25, 0.3) is 0 Å². The number of hydrogen-bond acceptors (Lipinski definition) is 2. The zero-order valence-corrected chi connectivity index (χ0v) is 9.19. The predicted octanol–water partition coefficient (Wildman–Crippen LogP) is 1.04. The van der Waals surface area contributed by atoms with Crippen LogP contribution in [0.2, 0.25) is 0 Å². The fourth-order valence-corrected chi connectivity index (χ4v) is 3.31. The van der Waals surface area contributed by atoms with Gasteiger partial charge in [-0.15, -0.1) is 6.58 Å². The lowest BCUT2D eigenvalue weighted by atomic mass is 9.79. The summed E-state index contributed by atoms with van der Waals surface area (Å²) >= 11 is 0. The van der Waals surface area contributed by atoms with E-state index in [-0.39, 0.29) is 23.7 Å². The van der Waals surface area contributed by atoms with Crippen molar-refractivity contribution in [2.24, 2.45) is 23.7 Å². The molecule has 0 spiro atoms. The Kier molecular flexibility index (Phi) is 2.99. The third-order valence-electron chi connectivity index (χ3n) is 3.92. The van der Waals surface area contributed by atoms with Crippen LogP contribution in [0.4, 0.5) is 0 Å². The van der Waals surface area contributed by atoms with Crippen molar-refractivity contribution in [2.45, 2.75) is 19.3 Å². The van der Waals surface area contributed by atoms with Crippen molar-refractivity contribution in [3.05, 3.63) is 12.7 Å². The van der Waals surface area contributed by atoms with Crippen LogP contribution in [0, 0.1) is 23.7 Å². The van der Waals surface area contributed by atoms with Crippen molar-refractivity contribution in [2.75, 3.05) is 6.54 Å². The highest BCUT2D eigenvalue weighted by Gasteiger charge is 2.53. The molecule has 2 rings (SSSR count). The van der Waals surface area contributed by atoms with E-state index in [4.69, 9.17) is 0 Å². The number of carbonyl (C=O) groups is 2. The molecule has 16 heavy (non-hydrogen) atoms. The standard InChI is InChI=1S/C12H17NO3/c1-2-5-13-11(14)9-7-3-4-8(6-7)10(9)12(15)16/h2,7-10H,1,3-6H2,(H,13,14)(H,15,16)/t7-,8+,9-,10+/m0/s1. The van der Waals surface area contributed by atoms with Gasteiger partial charge in [0.05, 0.1) is 11.8 Å². The summed E-state index contributed by atoms with van der Waals surface area (Å²) in [6.07, 6.45) is 4.48. The van der Waals surface area contributed by atoms with Crippen LogP contribution in [0.5, 0.6) is 0 Å². The lowest BCUT2D eigenvalue weighted by Crippen LogP contribution is -2.41. The van der Waals surface area contributed by atoms with Gasteiger partial charge in [-0.2, -0.15) is 0 Å². The fourth-order valence-electron chi connectivity index (χ4n) is 3.31. The topological polar surface area (TPSA) is 66.4 Å². The number of carbonyl (C=O) groups excluding carboxylic acids is 1. The van der Waals surface area contributed by atoms with Gasteiger partial charge < -0.3 is 10.4 Å². The van der Waals surface area contributed by atoms with E-state index < -0.39 is 11.9 Å². The minimum absolute atomic E-state index is 0.112. The van der Waals surface area contributed by atoms with Gasteiger partial charge in [0.25, 0.3) is 0 Å². The van der Waals surface area contributed by atoms with Gasteiger partial charge in [0, 0.05) is 6.54 Å². The molecule has 88 valence electrons. The van der Waals surface area contributed by atoms with E-state index in [1.807, 2.05) is 0 Å². The summed E-state index contributed by atoms with van der Waals surface area (Å²) in [5.41, 5.74) is 0. The second-order valence-corrected chi connectivity index (χ2v) is 4.76. The average molecular weight is 223 g/mol. The Labute approximate surface area is 94.7 Å². The van der Waals surface area contributed by atoms with Crippen LogP contribution in [0.3, 0.4) is 0 Å². The van der Waals surface area contributed by atoms with Crippen LogP contribution in [-0.4, -0.2) is 23.5 Å². The number of nitrogens with one attached hydrogen (secondary N) is 1. The number of carboxylic acids is 1. The molecule has 2 fully saturated rings. The zero-order chi connectivity index (χ0) is 11.7. The fraction of sp³-hybridized carbons (Fsp3) is 0.667. The molecule has 2 aliphatic rings. The zero-order valence-electron chi connectivity index (χ0n) is 9.19. The first kappa shape index (κ1) is 11.2. The van der Waals surface area contributed by atoms with E-state index in [9.17, 15) is 14.7 Å². The number of hydrogen-bond donors (Lipinski definition) is 2. The molecule has 1 amide bonds. The van der Waals surface area contributed by atoms with Crippen molar-refractivity contribution in [1.82, 2.24) is 5.32 Å². The van der Waals surface area contributed by atoms with Gasteiger partial charge in [-0.1, -0.05) is 6.08 Å². The molecule has 0 radical (unpaired) electrons. The Morgan fingerprint density at radius 3 is 2.50 bits per heavy atom. The smallest absolute Gasteiger partial charge is 0.307 e. The van der Waals surface area contributed by atoms with E-state index >= 15 is 0 Å². The second-order valence-electron chi connectivity index (χ2n) is 4.76. The summed E-state index contributed by atoms with van der Waals surface area (Å²) in [4.78, 5) is 23.1. The van der Waals surface area contributed by atoms with E-state index in [1.54, 1.807) is 6.08 Å². The maximum absolute atomic E-state index is 11.9. The minimum Gasteiger partial charge on any atom is -0.481 e. The summed E-state index contributed by atoms with van der Waals surface area (Å²) in [6.45, 7) is 3.95. The van der Waals surface area contributed by atoms with Crippen LogP contribution in [-0.2, 0) is 9.59 Å². The molecule has 0 saturated heterocycles. The largest absolute Gasteiger partial charge is 0.481 e. The molecule has 4 heteroatoms. The average Bonchev–Trinajstić information content (AvgIpc) is 2.84. The monoisotopic (exact) mass is 223 g/mol. The Morgan fingerprint density at radius 2 is 1.94 bits per heavy atom. The molecule has 0 aromatic carbocycles. The van der Waals surface area contributed by atoms with Gasteiger partial charge in [0.15, 0.2) is 0 Å². The van der Waals surface area contributed by atoms with Crippen molar-refractivity contribution in [1.29, 1.82) is 0 Å². The number of rotatable bonds is 4. The molecular weight excluding hydrogens is 206 g/mol. The molecule has 2 N–H and O–H groups in total. The molecule has 0 aromatic heterocycles. The summed E-state index contributed by atoms with van der Waals surface area (Å²) in [5.74, 6) is -1.23. The first-order chi connectivity index (χ1) is 7.65. The SMILES string of the molecule is C=CCNC(=O)[C@H]1[C@H]2CC[C@H](C2)[C@H]1C(=O)O. The number of amides is 1. The van der Waals surface area contributed by atoms with Crippen LogP contribution in [0.15, 0.2) is 12.7 Å². The molecule has 0 aliphatic heterocycles. The van der Waals surface area contributed by atoms with E-state index in [0.29, 0.717) is 6.54 Å². The van der Waals surface area contributed by atoms with Gasteiger partial charge in [0.1, 0.15) is 0 Å². The minimum atomic E-state index is -0.814. The molecule has 2 saturated carbocycles.